The Hall–Kier alpha value is -1.71. The number of rotatable bonds is 7. The molecule has 2 rings (SSSR count). The van der Waals surface area contributed by atoms with Crippen LogP contribution in [0.1, 0.15) is 37.2 Å². The molecule has 0 aliphatic carbocycles. The third-order valence-electron chi connectivity index (χ3n) is 3.25. The SMILES string of the molecule is CN=C(NCCc1ccccn1)NCCc1nc(C(C)C)no1.I. The maximum Gasteiger partial charge on any atom is 0.228 e. The average Bonchev–Trinajstić information content (AvgIpc) is 3.03. The molecule has 0 bridgehead atoms. The first-order valence-corrected chi connectivity index (χ1v) is 7.86. The lowest BCUT2D eigenvalue weighted by molar-refractivity contribution is 0.371. The summed E-state index contributed by atoms with van der Waals surface area (Å²) in [6.07, 6.45) is 3.32. The van der Waals surface area contributed by atoms with Crippen molar-refractivity contribution in [1.82, 2.24) is 25.8 Å². The molecule has 0 aliphatic rings. The Balaban J connectivity index is 0.00000288. The Morgan fingerprint density at radius 2 is 1.96 bits per heavy atom. The van der Waals surface area contributed by atoms with Crippen molar-refractivity contribution in [2.24, 2.45) is 4.99 Å². The van der Waals surface area contributed by atoms with Gasteiger partial charge in [-0.3, -0.25) is 9.98 Å². The molecule has 0 atom stereocenters. The maximum atomic E-state index is 5.21. The second kappa shape index (κ2) is 11.0. The molecule has 0 aliphatic heterocycles. The smallest absolute Gasteiger partial charge is 0.228 e. The van der Waals surface area contributed by atoms with Crippen LogP contribution in [0.4, 0.5) is 0 Å². The molecule has 2 N–H and O–H groups in total. The topological polar surface area (TPSA) is 88.2 Å². The predicted molar refractivity (Wildman–Crippen MR) is 105 cm³/mol. The second-order valence-corrected chi connectivity index (χ2v) is 5.45. The highest BCUT2D eigenvalue weighted by molar-refractivity contribution is 14.0. The molecule has 0 fully saturated rings. The summed E-state index contributed by atoms with van der Waals surface area (Å²) in [4.78, 5) is 12.8. The first kappa shape index (κ1) is 20.3. The molecule has 0 unspecified atom stereocenters. The van der Waals surface area contributed by atoms with E-state index in [2.05, 4.69) is 30.8 Å². The van der Waals surface area contributed by atoms with Gasteiger partial charge in [0.2, 0.25) is 5.89 Å². The van der Waals surface area contributed by atoms with E-state index in [0.717, 1.165) is 30.4 Å². The fraction of sp³-hybridized carbons (Fsp3) is 0.500. The van der Waals surface area contributed by atoms with E-state index in [1.807, 2.05) is 32.0 Å². The van der Waals surface area contributed by atoms with Crippen LogP contribution < -0.4 is 10.6 Å². The summed E-state index contributed by atoms with van der Waals surface area (Å²) in [5.74, 6) is 2.43. The summed E-state index contributed by atoms with van der Waals surface area (Å²) >= 11 is 0. The van der Waals surface area contributed by atoms with Gasteiger partial charge in [0.05, 0.1) is 0 Å². The molecular weight excluding hydrogens is 419 g/mol. The lowest BCUT2D eigenvalue weighted by atomic mass is 10.2. The van der Waals surface area contributed by atoms with Crippen LogP contribution in [0.15, 0.2) is 33.9 Å². The monoisotopic (exact) mass is 444 g/mol. The Kier molecular flexibility index (Phi) is 9.28. The number of hydrogen-bond acceptors (Lipinski definition) is 5. The van der Waals surface area contributed by atoms with E-state index < -0.39 is 0 Å². The van der Waals surface area contributed by atoms with Crippen LogP contribution in [0.3, 0.4) is 0 Å². The summed E-state index contributed by atoms with van der Waals surface area (Å²) in [6.45, 7) is 5.54. The molecule has 0 saturated carbocycles. The van der Waals surface area contributed by atoms with Crippen molar-refractivity contribution in [3.05, 3.63) is 41.8 Å². The summed E-state index contributed by atoms with van der Waals surface area (Å²) in [5, 5.41) is 10.4. The first-order chi connectivity index (χ1) is 11.2. The van der Waals surface area contributed by atoms with Crippen molar-refractivity contribution < 1.29 is 4.52 Å². The van der Waals surface area contributed by atoms with Gasteiger partial charge in [-0.2, -0.15) is 4.98 Å². The first-order valence-electron chi connectivity index (χ1n) is 7.86. The number of halogens is 1. The highest BCUT2D eigenvalue weighted by atomic mass is 127. The summed E-state index contributed by atoms with van der Waals surface area (Å²) in [7, 11) is 1.75. The van der Waals surface area contributed by atoms with E-state index in [1.165, 1.54) is 0 Å². The largest absolute Gasteiger partial charge is 0.356 e. The summed E-state index contributed by atoms with van der Waals surface area (Å²) in [5.41, 5.74) is 1.06. The Morgan fingerprint density at radius 3 is 2.54 bits per heavy atom. The van der Waals surface area contributed by atoms with Crippen molar-refractivity contribution in [1.29, 1.82) is 0 Å². The third kappa shape index (κ3) is 6.81. The number of pyridine rings is 1. The van der Waals surface area contributed by atoms with Crippen molar-refractivity contribution in [3.8, 4) is 0 Å². The van der Waals surface area contributed by atoms with E-state index >= 15 is 0 Å². The highest BCUT2D eigenvalue weighted by Gasteiger charge is 2.09. The van der Waals surface area contributed by atoms with Crippen LogP contribution in [-0.4, -0.2) is 41.2 Å². The number of aliphatic imine (C=N–C) groups is 1. The van der Waals surface area contributed by atoms with Crippen LogP contribution in [0, 0.1) is 0 Å². The lowest BCUT2D eigenvalue weighted by Gasteiger charge is -2.10. The van der Waals surface area contributed by atoms with E-state index in [0.29, 0.717) is 18.9 Å². The van der Waals surface area contributed by atoms with Crippen LogP contribution in [0.2, 0.25) is 0 Å². The molecule has 0 radical (unpaired) electrons. The minimum atomic E-state index is 0. The molecule has 2 heterocycles. The van der Waals surface area contributed by atoms with Gasteiger partial charge in [0.15, 0.2) is 11.8 Å². The van der Waals surface area contributed by atoms with E-state index in [4.69, 9.17) is 4.52 Å². The molecule has 0 amide bonds. The quantitative estimate of drug-likeness (QED) is 0.387. The van der Waals surface area contributed by atoms with Gasteiger partial charge in [0, 0.05) is 50.8 Å². The molecule has 8 heteroatoms. The van der Waals surface area contributed by atoms with Gasteiger partial charge in [0.25, 0.3) is 0 Å². The van der Waals surface area contributed by atoms with E-state index in [9.17, 15) is 0 Å². The average molecular weight is 444 g/mol. The standard InChI is InChI=1S/C16H24N6O.HI/c1-12(2)15-21-14(23-22-15)8-11-20-16(17-3)19-10-7-13-6-4-5-9-18-13;/h4-6,9,12H,7-8,10-11H2,1-3H3,(H2,17,19,20);1H. The predicted octanol–water partition coefficient (Wildman–Crippen LogP) is 2.16. The Morgan fingerprint density at radius 1 is 1.21 bits per heavy atom. The van der Waals surface area contributed by atoms with Gasteiger partial charge in [-0.05, 0) is 12.1 Å². The minimum absolute atomic E-state index is 0. The van der Waals surface area contributed by atoms with E-state index in [1.54, 1.807) is 13.2 Å². The summed E-state index contributed by atoms with van der Waals surface area (Å²) in [6, 6.07) is 5.92. The van der Waals surface area contributed by atoms with Gasteiger partial charge in [0.1, 0.15) is 0 Å². The Labute approximate surface area is 159 Å². The number of nitrogens with one attached hydrogen (secondary N) is 2. The molecule has 24 heavy (non-hydrogen) atoms. The van der Waals surface area contributed by atoms with Crippen LogP contribution in [0.5, 0.6) is 0 Å². The lowest BCUT2D eigenvalue weighted by Crippen LogP contribution is -2.39. The van der Waals surface area contributed by atoms with Gasteiger partial charge >= 0.3 is 0 Å². The normalized spacial score (nSPS) is 11.2. The zero-order chi connectivity index (χ0) is 16.5. The minimum Gasteiger partial charge on any atom is -0.356 e. The molecule has 2 aromatic heterocycles. The van der Waals surface area contributed by atoms with Crippen molar-refractivity contribution in [2.75, 3.05) is 20.1 Å². The van der Waals surface area contributed by atoms with E-state index in [-0.39, 0.29) is 29.9 Å². The van der Waals surface area contributed by atoms with Crippen LogP contribution in [0.25, 0.3) is 0 Å². The molecule has 0 aromatic carbocycles. The number of nitrogens with zero attached hydrogens (tertiary/aromatic N) is 4. The molecule has 7 nitrogen and oxygen atoms in total. The maximum absolute atomic E-state index is 5.21. The molecule has 2 aromatic rings. The fourth-order valence-corrected chi connectivity index (χ4v) is 1.97. The molecule has 132 valence electrons. The third-order valence-corrected chi connectivity index (χ3v) is 3.25. The number of hydrogen-bond donors (Lipinski definition) is 2. The van der Waals surface area contributed by atoms with Crippen molar-refractivity contribution in [3.63, 3.8) is 0 Å². The highest BCUT2D eigenvalue weighted by Crippen LogP contribution is 2.09. The fourth-order valence-electron chi connectivity index (χ4n) is 1.97. The summed E-state index contributed by atoms with van der Waals surface area (Å²) < 4.78 is 5.21. The number of aromatic nitrogens is 3. The van der Waals surface area contributed by atoms with Crippen molar-refractivity contribution in [2.45, 2.75) is 32.6 Å². The van der Waals surface area contributed by atoms with Gasteiger partial charge < -0.3 is 15.2 Å². The molecule has 0 spiro atoms. The molecular formula is C16H25IN6O. The zero-order valence-electron chi connectivity index (χ0n) is 14.3. The van der Waals surface area contributed by atoms with Crippen molar-refractivity contribution >= 4 is 29.9 Å². The van der Waals surface area contributed by atoms with Gasteiger partial charge in [-0.25, -0.2) is 0 Å². The zero-order valence-corrected chi connectivity index (χ0v) is 16.7. The number of guanidine groups is 1. The molecule has 0 saturated heterocycles. The Bertz CT molecular complexity index is 614. The van der Waals surface area contributed by atoms with Gasteiger partial charge in [-0.1, -0.05) is 25.1 Å². The van der Waals surface area contributed by atoms with Crippen LogP contribution >= 0.6 is 24.0 Å². The van der Waals surface area contributed by atoms with Gasteiger partial charge in [-0.15, -0.1) is 24.0 Å². The van der Waals surface area contributed by atoms with Crippen LogP contribution in [-0.2, 0) is 12.8 Å². The second-order valence-electron chi connectivity index (χ2n) is 5.45.